The summed E-state index contributed by atoms with van der Waals surface area (Å²) < 4.78 is 16.4. The van der Waals surface area contributed by atoms with Gasteiger partial charge in [0.2, 0.25) is 0 Å². The molecule has 0 amide bonds. The number of anilines is 1. The molecule has 1 aromatic heterocycles. The maximum atomic E-state index is 14.7. The average Bonchev–Trinajstić information content (AvgIpc) is 3.10. The van der Waals surface area contributed by atoms with E-state index in [0.717, 1.165) is 23.6 Å². The van der Waals surface area contributed by atoms with Gasteiger partial charge in [0, 0.05) is 52.0 Å². The molecule has 0 spiro atoms. The number of halogens is 2. The Morgan fingerprint density at radius 2 is 2.07 bits per heavy atom. The van der Waals surface area contributed by atoms with Gasteiger partial charge in [-0.25, -0.2) is 9.38 Å². The number of benzene rings is 1. The number of nitrogens with one attached hydrogen (secondary N) is 1. The number of aryl methyl sites for hydroxylation is 1. The van der Waals surface area contributed by atoms with Crippen LogP contribution < -0.4 is 10.2 Å². The van der Waals surface area contributed by atoms with Crippen molar-refractivity contribution in [1.29, 1.82) is 0 Å². The molecule has 1 fully saturated rings. The van der Waals surface area contributed by atoms with Crippen LogP contribution in [0.25, 0.3) is 0 Å². The summed E-state index contributed by atoms with van der Waals surface area (Å²) in [6.45, 7) is 5.23. The second-order valence-corrected chi connectivity index (χ2v) is 7.55. The van der Waals surface area contributed by atoms with Crippen LogP contribution in [-0.2, 0) is 20.1 Å². The summed E-state index contributed by atoms with van der Waals surface area (Å²) in [5.74, 6) is 0.536. The van der Waals surface area contributed by atoms with Gasteiger partial charge in [-0.05, 0) is 37.5 Å². The van der Waals surface area contributed by atoms with Crippen LogP contribution >= 0.6 is 24.0 Å². The van der Waals surface area contributed by atoms with Gasteiger partial charge in [-0.15, -0.1) is 24.0 Å². The van der Waals surface area contributed by atoms with Crippen LogP contribution in [0.2, 0.25) is 0 Å². The molecule has 1 aromatic carbocycles. The van der Waals surface area contributed by atoms with Crippen LogP contribution in [0.1, 0.15) is 30.9 Å². The molecule has 1 aliphatic heterocycles. The van der Waals surface area contributed by atoms with E-state index in [1.165, 1.54) is 0 Å². The Morgan fingerprint density at radius 3 is 2.67 bits per heavy atom. The monoisotopic (exact) mass is 530 g/mol. The number of nitrogens with zero attached hydrogens (tertiary/aromatic N) is 5. The second kappa shape index (κ2) is 11.5. The average molecular weight is 530 g/mol. The van der Waals surface area contributed by atoms with Crippen LogP contribution in [0.4, 0.5) is 10.1 Å². The normalized spacial score (nSPS) is 15.1. The second-order valence-electron chi connectivity index (χ2n) is 7.55. The van der Waals surface area contributed by atoms with Crippen LogP contribution in [0.15, 0.2) is 35.6 Å². The van der Waals surface area contributed by atoms with Crippen molar-refractivity contribution in [3.8, 4) is 0 Å². The quantitative estimate of drug-likeness (QED) is 0.342. The van der Waals surface area contributed by atoms with Crippen molar-refractivity contribution in [2.24, 2.45) is 12.0 Å². The van der Waals surface area contributed by atoms with Gasteiger partial charge in [-0.2, -0.15) is 5.10 Å². The van der Waals surface area contributed by atoms with Gasteiger partial charge in [0.1, 0.15) is 5.82 Å². The molecule has 30 heavy (non-hydrogen) atoms. The minimum atomic E-state index is -0.268. The van der Waals surface area contributed by atoms with E-state index in [9.17, 15) is 9.50 Å². The third kappa shape index (κ3) is 6.56. The zero-order valence-electron chi connectivity index (χ0n) is 17.9. The summed E-state index contributed by atoms with van der Waals surface area (Å²) in [7, 11) is 3.87. The Hall–Kier alpha value is -1.88. The molecule has 2 heterocycles. The predicted octanol–water partition coefficient (Wildman–Crippen LogP) is 2.74. The van der Waals surface area contributed by atoms with Crippen LogP contribution in [0, 0.1) is 5.82 Å². The van der Waals surface area contributed by atoms with Gasteiger partial charge in [-0.1, -0.05) is 6.07 Å². The Labute approximate surface area is 195 Å². The van der Waals surface area contributed by atoms with Crippen molar-refractivity contribution in [3.63, 3.8) is 0 Å². The number of hydrogen-bond acceptors (Lipinski definition) is 4. The first-order valence-corrected chi connectivity index (χ1v) is 10.1. The molecular weight excluding hydrogens is 498 g/mol. The molecule has 0 unspecified atom stereocenters. The van der Waals surface area contributed by atoms with Crippen molar-refractivity contribution in [2.45, 2.75) is 39.0 Å². The molecular formula is C21H32FIN6O. The summed E-state index contributed by atoms with van der Waals surface area (Å²) in [5.41, 5.74) is 2.53. The lowest BCUT2D eigenvalue weighted by atomic mass is 10.1. The first kappa shape index (κ1) is 24.4. The maximum Gasteiger partial charge on any atom is 0.194 e. The van der Waals surface area contributed by atoms with Gasteiger partial charge in [0.05, 0.1) is 24.5 Å². The first-order chi connectivity index (χ1) is 14.0. The molecule has 1 aliphatic rings. The van der Waals surface area contributed by atoms with E-state index in [1.54, 1.807) is 10.7 Å². The molecule has 0 atom stereocenters. The van der Waals surface area contributed by atoms with Gasteiger partial charge in [0.15, 0.2) is 5.96 Å². The van der Waals surface area contributed by atoms with Crippen LogP contribution in [-0.4, -0.2) is 58.5 Å². The number of aliphatic hydroxyl groups excluding tert-OH is 1. The maximum absolute atomic E-state index is 14.7. The van der Waals surface area contributed by atoms with Crippen molar-refractivity contribution in [3.05, 3.63) is 47.5 Å². The molecule has 0 radical (unpaired) electrons. The van der Waals surface area contributed by atoms with E-state index in [4.69, 9.17) is 0 Å². The summed E-state index contributed by atoms with van der Waals surface area (Å²) in [4.78, 5) is 8.70. The SMILES string of the molecule is CCNC(=NCc1ccc(N2CCC(O)CC2)c(F)c1)N(C)Cc1cnn(C)c1.I. The molecule has 7 nitrogen and oxygen atoms in total. The first-order valence-electron chi connectivity index (χ1n) is 10.1. The van der Waals surface area contributed by atoms with E-state index in [-0.39, 0.29) is 35.9 Å². The highest BCUT2D eigenvalue weighted by molar-refractivity contribution is 14.0. The third-order valence-electron chi connectivity index (χ3n) is 5.10. The molecule has 166 valence electrons. The summed E-state index contributed by atoms with van der Waals surface area (Å²) in [6.07, 6.45) is 4.92. The van der Waals surface area contributed by atoms with E-state index >= 15 is 0 Å². The van der Waals surface area contributed by atoms with Gasteiger partial charge in [-0.3, -0.25) is 4.68 Å². The Kier molecular flexibility index (Phi) is 9.35. The van der Waals surface area contributed by atoms with Gasteiger partial charge in [0.25, 0.3) is 0 Å². The van der Waals surface area contributed by atoms with E-state index in [1.807, 2.05) is 55.3 Å². The summed E-state index contributed by atoms with van der Waals surface area (Å²) >= 11 is 0. The number of hydrogen-bond donors (Lipinski definition) is 2. The molecule has 9 heteroatoms. The smallest absolute Gasteiger partial charge is 0.194 e. The Bertz CT molecular complexity index is 835. The van der Waals surface area contributed by atoms with E-state index < -0.39 is 0 Å². The highest BCUT2D eigenvalue weighted by atomic mass is 127. The third-order valence-corrected chi connectivity index (χ3v) is 5.10. The fourth-order valence-electron chi connectivity index (χ4n) is 3.55. The zero-order chi connectivity index (χ0) is 20.8. The van der Waals surface area contributed by atoms with Crippen LogP contribution in [0.3, 0.4) is 0 Å². The van der Waals surface area contributed by atoms with Gasteiger partial charge < -0.3 is 20.2 Å². The lowest BCUT2D eigenvalue weighted by Gasteiger charge is -2.31. The molecule has 1 saturated heterocycles. The Morgan fingerprint density at radius 1 is 1.33 bits per heavy atom. The molecule has 3 rings (SSSR count). The number of aliphatic imine (C=N–C) groups is 1. The molecule has 0 saturated carbocycles. The standard InChI is InChI=1S/C21H31FN6O.HI/c1-4-23-21(26(2)14-17-13-25-27(3)15-17)24-12-16-5-6-20(19(22)11-16)28-9-7-18(29)8-10-28;/h5-6,11,13,15,18,29H,4,7-10,12,14H2,1-3H3,(H,23,24);1H. The fourth-order valence-corrected chi connectivity index (χ4v) is 3.55. The number of guanidine groups is 1. The topological polar surface area (TPSA) is 68.9 Å². The fraction of sp³-hybridized carbons (Fsp3) is 0.524. The lowest BCUT2D eigenvalue weighted by Crippen LogP contribution is -2.38. The molecule has 0 bridgehead atoms. The summed E-state index contributed by atoms with van der Waals surface area (Å²) in [6, 6.07) is 5.32. The molecule has 2 aromatic rings. The van der Waals surface area contributed by atoms with Gasteiger partial charge >= 0.3 is 0 Å². The van der Waals surface area contributed by atoms with Crippen molar-refractivity contribution >= 4 is 35.6 Å². The molecule has 2 N–H and O–H groups in total. The minimum Gasteiger partial charge on any atom is -0.393 e. The number of piperidine rings is 1. The van der Waals surface area contributed by atoms with Crippen LogP contribution in [0.5, 0.6) is 0 Å². The Balaban J connectivity index is 0.00000320. The highest BCUT2D eigenvalue weighted by Crippen LogP contribution is 2.24. The summed E-state index contributed by atoms with van der Waals surface area (Å²) in [5, 5.41) is 17.1. The predicted molar refractivity (Wildman–Crippen MR) is 129 cm³/mol. The van der Waals surface area contributed by atoms with Crippen molar-refractivity contribution in [2.75, 3.05) is 31.6 Å². The van der Waals surface area contributed by atoms with Crippen molar-refractivity contribution < 1.29 is 9.50 Å². The van der Waals surface area contributed by atoms with E-state index in [0.29, 0.717) is 44.7 Å². The number of aromatic nitrogens is 2. The lowest BCUT2D eigenvalue weighted by molar-refractivity contribution is 0.145. The van der Waals surface area contributed by atoms with Crippen molar-refractivity contribution in [1.82, 2.24) is 20.0 Å². The zero-order valence-corrected chi connectivity index (χ0v) is 20.2. The number of rotatable bonds is 6. The highest BCUT2D eigenvalue weighted by Gasteiger charge is 2.19. The molecule has 0 aliphatic carbocycles. The number of aliphatic hydroxyl groups is 1. The minimum absolute atomic E-state index is 0. The largest absolute Gasteiger partial charge is 0.393 e. The van der Waals surface area contributed by atoms with E-state index in [2.05, 4.69) is 15.4 Å².